The van der Waals surface area contributed by atoms with E-state index < -0.39 is 17.2 Å². The molecule has 3 rings (SSSR count). The van der Waals surface area contributed by atoms with Gasteiger partial charge in [-0.1, -0.05) is 6.08 Å². The predicted molar refractivity (Wildman–Crippen MR) is 90.4 cm³/mol. The molecule has 2 unspecified atom stereocenters. The standard InChI is InChI=1S/C19H23F2NO3/c1-19(2,3)25-18(23)22-13-5-6-14(22)8-11(7-13)12-9-15(20)17(21)16(10-12)24-4/h7,9-10,13-14H,5-6,8H2,1-4H3. The van der Waals surface area contributed by atoms with Crippen LogP contribution in [0.1, 0.15) is 45.6 Å². The zero-order chi connectivity index (χ0) is 18.4. The van der Waals surface area contributed by atoms with Gasteiger partial charge in [-0.3, -0.25) is 4.90 Å². The summed E-state index contributed by atoms with van der Waals surface area (Å²) in [5.74, 6) is -2.03. The van der Waals surface area contributed by atoms with Gasteiger partial charge >= 0.3 is 6.09 Å². The molecule has 4 nitrogen and oxygen atoms in total. The minimum atomic E-state index is -0.985. The Morgan fingerprint density at radius 3 is 2.56 bits per heavy atom. The van der Waals surface area contributed by atoms with Crippen LogP contribution in [0.3, 0.4) is 0 Å². The molecule has 0 radical (unpaired) electrons. The molecule has 2 bridgehead atoms. The van der Waals surface area contributed by atoms with Crippen LogP contribution in [0, 0.1) is 11.6 Å². The number of methoxy groups -OCH3 is 1. The van der Waals surface area contributed by atoms with Gasteiger partial charge in [0.15, 0.2) is 11.6 Å². The van der Waals surface area contributed by atoms with Gasteiger partial charge in [0.2, 0.25) is 5.82 Å². The van der Waals surface area contributed by atoms with Crippen LogP contribution in [0.25, 0.3) is 5.57 Å². The second kappa shape index (κ2) is 6.32. The summed E-state index contributed by atoms with van der Waals surface area (Å²) in [7, 11) is 1.31. The first-order valence-electron chi connectivity index (χ1n) is 8.45. The smallest absolute Gasteiger partial charge is 0.411 e. The first kappa shape index (κ1) is 17.7. The van der Waals surface area contributed by atoms with Crippen molar-refractivity contribution in [3.05, 3.63) is 35.4 Å². The van der Waals surface area contributed by atoms with Crippen LogP contribution in [-0.2, 0) is 4.74 Å². The Labute approximate surface area is 146 Å². The Morgan fingerprint density at radius 1 is 1.24 bits per heavy atom. The molecule has 0 spiro atoms. The van der Waals surface area contributed by atoms with Crippen molar-refractivity contribution >= 4 is 11.7 Å². The number of ether oxygens (including phenoxy) is 2. The van der Waals surface area contributed by atoms with Crippen LogP contribution in [0.4, 0.5) is 13.6 Å². The van der Waals surface area contributed by atoms with Gasteiger partial charge in [0.05, 0.1) is 13.2 Å². The van der Waals surface area contributed by atoms with Crippen molar-refractivity contribution < 1.29 is 23.0 Å². The van der Waals surface area contributed by atoms with E-state index in [1.54, 1.807) is 4.90 Å². The summed E-state index contributed by atoms with van der Waals surface area (Å²) < 4.78 is 37.9. The van der Waals surface area contributed by atoms with E-state index in [9.17, 15) is 13.6 Å². The summed E-state index contributed by atoms with van der Waals surface area (Å²) in [6.45, 7) is 5.52. The van der Waals surface area contributed by atoms with Crippen molar-refractivity contribution in [2.75, 3.05) is 7.11 Å². The summed E-state index contributed by atoms with van der Waals surface area (Å²) >= 11 is 0. The van der Waals surface area contributed by atoms with Crippen LogP contribution in [0.15, 0.2) is 18.2 Å². The number of nitrogens with zero attached hydrogens (tertiary/aromatic N) is 1. The molecule has 2 aliphatic rings. The fourth-order valence-electron chi connectivity index (χ4n) is 3.54. The summed E-state index contributed by atoms with van der Waals surface area (Å²) in [5.41, 5.74) is 0.953. The van der Waals surface area contributed by atoms with Crippen LogP contribution in [-0.4, -0.2) is 35.8 Å². The van der Waals surface area contributed by atoms with Crippen molar-refractivity contribution in [2.24, 2.45) is 0 Å². The molecule has 0 aliphatic carbocycles. The third-order valence-corrected chi connectivity index (χ3v) is 4.59. The Kier molecular flexibility index (Phi) is 4.47. The summed E-state index contributed by atoms with van der Waals surface area (Å²) in [6.07, 6.45) is 3.93. The molecule has 25 heavy (non-hydrogen) atoms. The fraction of sp³-hybridized carbons (Fsp3) is 0.526. The zero-order valence-corrected chi connectivity index (χ0v) is 14.9. The summed E-state index contributed by atoms with van der Waals surface area (Å²) in [5, 5.41) is 0. The monoisotopic (exact) mass is 351 g/mol. The van der Waals surface area contributed by atoms with Gasteiger partial charge in [0.25, 0.3) is 0 Å². The Hall–Kier alpha value is -2.11. The number of hydrogen-bond acceptors (Lipinski definition) is 3. The Balaban J connectivity index is 1.87. The highest BCUT2D eigenvalue weighted by molar-refractivity contribution is 5.75. The molecule has 2 atom stereocenters. The highest BCUT2D eigenvalue weighted by atomic mass is 19.2. The van der Waals surface area contributed by atoms with Crippen molar-refractivity contribution in [3.8, 4) is 5.75 Å². The molecule has 6 heteroatoms. The van der Waals surface area contributed by atoms with Gasteiger partial charge in [-0.15, -0.1) is 0 Å². The lowest BCUT2D eigenvalue weighted by Crippen LogP contribution is -2.45. The minimum absolute atomic E-state index is 0.0129. The Bertz CT molecular complexity index is 724. The molecular weight excluding hydrogens is 328 g/mol. The third kappa shape index (κ3) is 3.48. The highest BCUT2D eigenvalue weighted by Gasteiger charge is 2.41. The molecule has 0 saturated carbocycles. The van der Waals surface area contributed by atoms with E-state index in [0.29, 0.717) is 12.0 Å². The van der Waals surface area contributed by atoms with Gasteiger partial charge in [-0.05, 0) is 63.3 Å². The molecule has 136 valence electrons. The minimum Gasteiger partial charge on any atom is -0.494 e. The lowest BCUT2D eigenvalue weighted by atomic mass is 9.94. The van der Waals surface area contributed by atoms with Crippen LogP contribution >= 0.6 is 0 Å². The maximum absolute atomic E-state index is 13.8. The van der Waals surface area contributed by atoms with Crippen molar-refractivity contribution in [1.29, 1.82) is 0 Å². The summed E-state index contributed by atoms with van der Waals surface area (Å²) in [4.78, 5) is 14.2. The van der Waals surface area contributed by atoms with Crippen LogP contribution < -0.4 is 4.74 Å². The fourth-order valence-corrected chi connectivity index (χ4v) is 3.54. The Morgan fingerprint density at radius 2 is 1.96 bits per heavy atom. The maximum Gasteiger partial charge on any atom is 0.411 e. The second-order valence-electron chi connectivity index (χ2n) is 7.56. The third-order valence-electron chi connectivity index (χ3n) is 4.59. The van der Waals surface area contributed by atoms with Gasteiger partial charge < -0.3 is 9.47 Å². The van der Waals surface area contributed by atoms with Gasteiger partial charge in [0.1, 0.15) is 5.60 Å². The molecule has 1 amide bonds. The van der Waals surface area contributed by atoms with Gasteiger partial charge in [-0.2, -0.15) is 4.39 Å². The molecule has 2 heterocycles. The first-order chi connectivity index (χ1) is 11.7. The quantitative estimate of drug-likeness (QED) is 0.786. The number of benzene rings is 1. The molecule has 1 fully saturated rings. The van der Waals surface area contributed by atoms with Crippen LogP contribution in [0.2, 0.25) is 0 Å². The van der Waals surface area contributed by atoms with Gasteiger partial charge in [-0.25, -0.2) is 9.18 Å². The number of carbonyl (C=O) groups excluding carboxylic acids is 1. The second-order valence-corrected chi connectivity index (χ2v) is 7.56. The number of carbonyl (C=O) groups is 1. The summed E-state index contributed by atoms with van der Waals surface area (Å²) in [6, 6.07) is 2.63. The van der Waals surface area contributed by atoms with Crippen molar-refractivity contribution in [3.63, 3.8) is 0 Å². The van der Waals surface area contributed by atoms with E-state index in [1.807, 2.05) is 26.8 Å². The lowest BCUT2D eigenvalue weighted by molar-refractivity contribution is 0.0175. The molecule has 1 saturated heterocycles. The zero-order valence-electron chi connectivity index (χ0n) is 14.9. The number of amides is 1. The first-order valence-corrected chi connectivity index (χ1v) is 8.45. The molecular formula is C19H23F2NO3. The van der Waals surface area contributed by atoms with Crippen LogP contribution in [0.5, 0.6) is 5.75 Å². The van der Waals surface area contributed by atoms with Gasteiger partial charge in [0, 0.05) is 6.04 Å². The topological polar surface area (TPSA) is 38.8 Å². The van der Waals surface area contributed by atoms with Crippen molar-refractivity contribution in [1.82, 2.24) is 4.90 Å². The molecule has 1 aromatic carbocycles. The van der Waals surface area contributed by atoms with E-state index >= 15 is 0 Å². The predicted octanol–water partition coefficient (Wildman–Crippen LogP) is 4.53. The maximum atomic E-state index is 13.8. The van der Waals surface area contributed by atoms with E-state index in [0.717, 1.165) is 18.4 Å². The van der Waals surface area contributed by atoms with Crippen molar-refractivity contribution in [2.45, 2.75) is 57.7 Å². The van der Waals surface area contributed by atoms with E-state index in [1.165, 1.54) is 19.2 Å². The normalized spacial score (nSPS) is 22.6. The largest absolute Gasteiger partial charge is 0.494 e. The SMILES string of the molecule is COc1cc(C2=CC3CCC(C2)N3C(=O)OC(C)(C)C)cc(F)c1F. The van der Waals surface area contributed by atoms with E-state index in [4.69, 9.17) is 9.47 Å². The lowest BCUT2D eigenvalue weighted by Gasteiger charge is -2.35. The average Bonchev–Trinajstić information content (AvgIpc) is 2.78. The van der Waals surface area contributed by atoms with E-state index in [2.05, 4.69) is 0 Å². The number of fused-ring (bicyclic) bond motifs is 2. The molecule has 0 aromatic heterocycles. The number of rotatable bonds is 2. The average molecular weight is 351 g/mol. The molecule has 2 aliphatic heterocycles. The molecule has 0 N–H and O–H groups in total. The highest BCUT2D eigenvalue weighted by Crippen LogP contribution is 2.40. The molecule has 1 aromatic rings. The number of hydrogen-bond donors (Lipinski definition) is 0. The number of halogens is 2. The van der Waals surface area contributed by atoms with E-state index in [-0.39, 0.29) is 23.9 Å².